The topological polar surface area (TPSA) is 68.0 Å². The molecule has 2 atom stereocenters. The molecule has 0 radical (unpaired) electrons. The highest BCUT2D eigenvalue weighted by molar-refractivity contribution is 6.33. The van der Waals surface area contributed by atoms with Crippen LogP contribution in [0.25, 0.3) is 0 Å². The van der Waals surface area contributed by atoms with Gasteiger partial charge in [0.25, 0.3) is 5.91 Å². The van der Waals surface area contributed by atoms with Crippen LogP contribution in [0.5, 0.6) is 0 Å². The van der Waals surface area contributed by atoms with E-state index in [0.717, 1.165) is 12.8 Å². The van der Waals surface area contributed by atoms with Crippen molar-refractivity contribution in [2.24, 2.45) is 5.92 Å². The molecule has 92 valence electrons. The van der Waals surface area contributed by atoms with Crippen LogP contribution in [0.4, 0.5) is 5.82 Å². The number of hydrogen-bond acceptors (Lipinski definition) is 3. The number of amides is 1. The molecule has 2 rings (SSSR count). The number of nitrogens with two attached hydrogens (primary N) is 1. The number of carbonyl (C=O) groups is 1. The molecule has 0 aromatic carbocycles. The van der Waals surface area contributed by atoms with Crippen LogP contribution in [-0.4, -0.2) is 16.9 Å². The Morgan fingerprint density at radius 1 is 1.59 bits per heavy atom. The van der Waals surface area contributed by atoms with Gasteiger partial charge in [0.2, 0.25) is 0 Å². The molecule has 3 N–H and O–H groups in total. The summed E-state index contributed by atoms with van der Waals surface area (Å²) in [4.78, 5) is 15.8. The van der Waals surface area contributed by atoms with Gasteiger partial charge in [-0.1, -0.05) is 18.5 Å². The smallest absolute Gasteiger partial charge is 0.253 e. The van der Waals surface area contributed by atoms with Crippen LogP contribution in [0.3, 0.4) is 0 Å². The normalized spacial score (nSPS) is 23.6. The van der Waals surface area contributed by atoms with Gasteiger partial charge in [-0.05, 0) is 31.2 Å². The van der Waals surface area contributed by atoms with Gasteiger partial charge >= 0.3 is 0 Å². The van der Waals surface area contributed by atoms with Crippen molar-refractivity contribution in [1.82, 2.24) is 10.3 Å². The van der Waals surface area contributed by atoms with Gasteiger partial charge in [0.1, 0.15) is 5.82 Å². The Bertz CT molecular complexity index is 436. The lowest BCUT2D eigenvalue weighted by Gasteiger charge is -2.12. The van der Waals surface area contributed by atoms with Gasteiger partial charge in [0, 0.05) is 12.2 Å². The van der Waals surface area contributed by atoms with Crippen LogP contribution in [-0.2, 0) is 0 Å². The lowest BCUT2D eigenvalue weighted by Crippen LogP contribution is -2.33. The third-order valence-corrected chi connectivity index (χ3v) is 3.46. The van der Waals surface area contributed by atoms with E-state index in [0.29, 0.717) is 16.5 Å². The summed E-state index contributed by atoms with van der Waals surface area (Å²) in [6, 6.07) is 1.83. The molecule has 1 heterocycles. The Hall–Kier alpha value is -1.29. The first-order valence-electron chi connectivity index (χ1n) is 5.78. The Labute approximate surface area is 106 Å². The van der Waals surface area contributed by atoms with E-state index in [-0.39, 0.29) is 17.8 Å². The number of halogens is 1. The molecule has 1 fully saturated rings. The predicted molar refractivity (Wildman–Crippen MR) is 67.9 cm³/mol. The molecule has 5 heteroatoms. The molecule has 1 amide bonds. The molecular formula is C12H16ClN3O. The van der Waals surface area contributed by atoms with Crippen molar-refractivity contribution in [3.8, 4) is 0 Å². The number of nitrogens with one attached hydrogen (secondary N) is 1. The van der Waals surface area contributed by atoms with E-state index in [9.17, 15) is 4.79 Å². The number of rotatable bonds is 2. The number of aromatic nitrogens is 1. The quantitative estimate of drug-likeness (QED) is 0.849. The van der Waals surface area contributed by atoms with Gasteiger partial charge in [0.05, 0.1) is 10.6 Å². The fourth-order valence-electron chi connectivity index (χ4n) is 2.18. The van der Waals surface area contributed by atoms with Crippen LogP contribution in [0, 0.1) is 5.92 Å². The van der Waals surface area contributed by atoms with Gasteiger partial charge < -0.3 is 11.1 Å². The van der Waals surface area contributed by atoms with Crippen LogP contribution >= 0.6 is 11.6 Å². The maximum absolute atomic E-state index is 11.9. The molecule has 1 saturated carbocycles. The second-order valence-electron chi connectivity index (χ2n) is 4.68. The molecule has 4 nitrogen and oxygen atoms in total. The summed E-state index contributed by atoms with van der Waals surface area (Å²) in [5, 5.41) is 3.31. The van der Waals surface area contributed by atoms with E-state index in [4.69, 9.17) is 17.3 Å². The Kier molecular flexibility index (Phi) is 3.52. The molecule has 2 unspecified atom stereocenters. The minimum Gasteiger partial charge on any atom is -0.382 e. The molecule has 0 spiro atoms. The fraction of sp³-hybridized carbons (Fsp3) is 0.500. The summed E-state index contributed by atoms with van der Waals surface area (Å²) in [5.41, 5.74) is 5.96. The lowest BCUT2D eigenvalue weighted by molar-refractivity contribution is 0.0937. The molecule has 1 aliphatic rings. The number of hydrogen-bond donors (Lipinski definition) is 2. The van der Waals surface area contributed by atoms with E-state index < -0.39 is 0 Å². The number of carbonyl (C=O) groups excluding carboxylic acids is 1. The van der Waals surface area contributed by atoms with Crippen LogP contribution in [0.1, 0.15) is 36.5 Å². The first kappa shape index (κ1) is 12.2. The zero-order valence-corrected chi connectivity index (χ0v) is 10.5. The Balaban J connectivity index is 2.02. The van der Waals surface area contributed by atoms with Crippen molar-refractivity contribution in [3.05, 3.63) is 22.8 Å². The van der Waals surface area contributed by atoms with Crippen molar-refractivity contribution >= 4 is 23.3 Å². The third-order valence-electron chi connectivity index (χ3n) is 3.16. The molecule has 0 aliphatic heterocycles. The number of anilines is 1. The summed E-state index contributed by atoms with van der Waals surface area (Å²) in [7, 11) is 0. The predicted octanol–water partition coefficient (Wildman–Crippen LogP) is 2.24. The fourth-order valence-corrected chi connectivity index (χ4v) is 2.35. The van der Waals surface area contributed by atoms with Crippen LogP contribution in [0.2, 0.25) is 5.02 Å². The maximum Gasteiger partial charge on any atom is 0.253 e. The molecule has 1 aromatic rings. The van der Waals surface area contributed by atoms with Crippen LogP contribution < -0.4 is 11.1 Å². The molecule has 0 saturated heterocycles. The highest BCUT2D eigenvalue weighted by Gasteiger charge is 2.23. The number of nitrogens with zero attached hydrogens (tertiary/aromatic N) is 1. The average Bonchev–Trinajstić information content (AvgIpc) is 2.68. The highest BCUT2D eigenvalue weighted by Crippen LogP contribution is 2.25. The summed E-state index contributed by atoms with van der Waals surface area (Å²) in [5.74, 6) is 0.810. The summed E-state index contributed by atoms with van der Waals surface area (Å²) in [6.07, 6.45) is 4.71. The summed E-state index contributed by atoms with van der Waals surface area (Å²) < 4.78 is 0. The Morgan fingerprint density at radius 3 is 2.94 bits per heavy atom. The van der Waals surface area contributed by atoms with E-state index in [2.05, 4.69) is 17.2 Å². The largest absolute Gasteiger partial charge is 0.382 e. The molecular weight excluding hydrogens is 238 g/mol. The molecule has 1 aromatic heterocycles. The van der Waals surface area contributed by atoms with Crippen molar-refractivity contribution in [2.45, 2.75) is 32.2 Å². The van der Waals surface area contributed by atoms with Gasteiger partial charge in [-0.15, -0.1) is 0 Å². The second kappa shape index (κ2) is 4.92. The standard InChI is InChI=1S/C12H16ClN3O/c1-7-2-3-9(4-7)16-12(17)8-5-10(13)11(14)15-6-8/h5-7,9H,2-4H2,1H3,(H2,14,15)(H,16,17). The molecule has 0 bridgehead atoms. The lowest BCUT2D eigenvalue weighted by atomic mass is 10.1. The minimum absolute atomic E-state index is 0.126. The number of nitrogen functional groups attached to an aromatic ring is 1. The van der Waals surface area contributed by atoms with Crippen molar-refractivity contribution in [1.29, 1.82) is 0 Å². The monoisotopic (exact) mass is 253 g/mol. The van der Waals surface area contributed by atoms with Crippen molar-refractivity contribution in [2.75, 3.05) is 5.73 Å². The first-order valence-corrected chi connectivity index (χ1v) is 6.16. The van der Waals surface area contributed by atoms with E-state index in [1.165, 1.54) is 12.6 Å². The van der Waals surface area contributed by atoms with E-state index in [1.54, 1.807) is 6.07 Å². The van der Waals surface area contributed by atoms with Gasteiger partial charge in [-0.25, -0.2) is 4.98 Å². The summed E-state index contributed by atoms with van der Waals surface area (Å²) in [6.45, 7) is 2.20. The van der Waals surface area contributed by atoms with E-state index >= 15 is 0 Å². The maximum atomic E-state index is 11.9. The van der Waals surface area contributed by atoms with Crippen LogP contribution in [0.15, 0.2) is 12.3 Å². The first-order chi connectivity index (χ1) is 8.06. The Morgan fingerprint density at radius 2 is 2.35 bits per heavy atom. The van der Waals surface area contributed by atoms with Crippen molar-refractivity contribution in [3.63, 3.8) is 0 Å². The van der Waals surface area contributed by atoms with Gasteiger partial charge in [-0.3, -0.25) is 4.79 Å². The average molecular weight is 254 g/mol. The van der Waals surface area contributed by atoms with Gasteiger partial charge in [-0.2, -0.15) is 0 Å². The van der Waals surface area contributed by atoms with Gasteiger partial charge in [0.15, 0.2) is 0 Å². The number of pyridine rings is 1. The minimum atomic E-state index is -0.126. The molecule has 1 aliphatic carbocycles. The zero-order valence-electron chi connectivity index (χ0n) is 9.74. The van der Waals surface area contributed by atoms with Crippen molar-refractivity contribution < 1.29 is 4.79 Å². The SMILES string of the molecule is CC1CCC(NC(=O)c2cnc(N)c(Cl)c2)C1. The zero-order chi connectivity index (χ0) is 12.4. The van der Waals surface area contributed by atoms with E-state index in [1.807, 2.05) is 0 Å². The summed E-state index contributed by atoms with van der Waals surface area (Å²) >= 11 is 5.83. The third kappa shape index (κ3) is 2.88. The second-order valence-corrected chi connectivity index (χ2v) is 5.09. The molecule has 17 heavy (non-hydrogen) atoms. The highest BCUT2D eigenvalue weighted by atomic mass is 35.5.